The predicted octanol–water partition coefficient (Wildman–Crippen LogP) is 2.29. The lowest BCUT2D eigenvalue weighted by Gasteiger charge is -1.99. The van der Waals surface area contributed by atoms with Crippen molar-refractivity contribution in [2.45, 2.75) is 6.92 Å². The van der Waals surface area contributed by atoms with Gasteiger partial charge >= 0.3 is 0 Å². The standard InChI is InChI=1S/C7H8I2Si/c1-6-2-4-7(5-3-6)10(8)9/h2-5,10H,1H3. The number of hydrogen-bond acceptors (Lipinski definition) is 0. The monoisotopic (exact) mass is 374 g/mol. The Bertz CT molecular complexity index is 205. The van der Waals surface area contributed by atoms with Crippen LogP contribution in [0.25, 0.3) is 0 Å². The second-order valence-corrected chi connectivity index (χ2v) is 18.1. The van der Waals surface area contributed by atoms with Gasteiger partial charge in [0.2, 0.25) is 3.79 Å². The first-order chi connectivity index (χ1) is 4.70. The molecule has 0 atom stereocenters. The van der Waals surface area contributed by atoms with Gasteiger partial charge in [0.1, 0.15) is 0 Å². The van der Waals surface area contributed by atoms with Gasteiger partial charge in [0, 0.05) is 0 Å². The van der Waals surface area contributed by atoms with Crippen molar-refractivity contribution >= 4 is 52.6 Å². The Kier molecular flexibility index (Phi) is 3.65. The molecule has 0 nitrogen and oxygen atoms in total. The topological polar surface area (TPSA) is 0 Å². The van der Waals surface area contributed by atoms with E-state index in [1.54, 1.807) is 0 Å². The van der Waals surface area contributed by atoms with Crippen molar-refractivity contribution < 1.29 is 0 Å². The van der Waals surface area contributed by atoms with Crippen LogP contribution in [0.3, 0.4) is 0 Å². The van der Waals surface area contributed by atoms with Crippen LogP contribution in [-0.4, -0.2) is 3.79 Å². The van der Waals surface area contributed by atoms with Crippen LogP contribution in [0.5, 0.6) is 0 Å². The van der Waals surface area contributed by atoms with Crippen molar-refractivity contribution in [3.63, 3.8) is 0 Å². The Morgan fingerprint density at radius 3 is 2.00 bits per heavy atom. The summed E-state index contributed by atoms with van der Waals surface area (Å²) in [6, 6.07) is 8.86. The fourth-order valence-electron chi connectivity index (χ4n) is 0.712. The Balaban J connectivity index is 2.89. The van der Waals surface area contributed by atoms with Gasteiger partial charge in [-0.3, -0.25) is 0 Å². The normalized spacial score (nSPS) is 10.4. The number of rotatable bonds is 1. The van der Waals surface area contributed by atoms with E-state index in [1.165, 1.54) is 10.8 Å². The molecule has 3 heteroatoms. The molecule has 1 rings (SSSR count). The van der Waals surface area contributed by atoms with E-state index in [0.29, 0.717) is 0 Å². The first kappa shape index (κ1) is 8.99. The van der Waals surface area contributed by atoms with Crippen LogP contribution in [0.1, 0.15) is 5.56 Å². The van der Waals surface area contributed by atoms with Crippen LogP contribution < -0.4 is 5.19 Å². The average Bonchev–Trinajstić information content (AvgIpc) is 1.88. The minimum Gasteiger partial charge on any atom is -0.103 e. The highest BCUT2D eigenvalue weighted by Crippen LogP contribution is 2.05. The molecule has 0 aliphatic carbocycles. The third-order valence-corrected chi connectivity index (χ3v) is 6.53. The van der Waals surface area contributed by atoms with Gasteiger partial charge in [0.15, 0.2) is 0 Å². The molecule has 1 aromatic carbocycles. The third kappa shape index (κ3) is 2.50. The lowest BCUT2D eigenvalue weighted by atomic mass is 10.2. The maximum atomic E-state index is 2.55. The van der Waals surface area contributed by atoms with Crippen LogP contribution in [0.4, 0.5) is 0 Å². The van der Waals surface area contributed by atoms with E-state index in [9.17, 15) is 0 Å². The summed E-state index contributed by atoms with van der Waals surface area (Å²) in [6.45, 7) is 2.13. The van der Waals surface area contributed by atoms with Crippen LogP contribution in [0.2, 0.25) is 0 Å². The maximum absolute atomic E-state index is 2.55. The highest BCUT2D eigenvalue weighted by Gasteiger charge is 2.01. The molecule has 0 saturated carbocycles. The summed E-state index contributed by atoms with van der Waals surface area (Å²) in [5.74, 6) is 0. The van der Waals surface area contributed by atoms with Gasteiger partial charge in [-0.15, -0.1) is 43.6 Å². The Morgan fingerprint density at radius 2 is 1.60 bits per heavy atom. The van der Waals surface area contributed by atoms with Crippen molar-refractivity contribution in [1.82, 2.24) is 0 Å². The van der Waals surface area contributed by atoms with Gasteiger partial charge in [-0.25, -0.2) is 0 Å². The summed E-state index contributed by atoms with van der Waals surface area (Å²) >= 11 is 5.09. The Morgan fingerprint density at radius 1 is 1.10 bits per heavy atom. The van der Waals surface area contributed by atoms with Crippen molar-refractivity contribution in [1.29, 1.82) is 0 Å². The highest BCUT2D eigenvalue weighted by molar-refractivity contribution is 14.3. The summed E-state index contributed by atoms with van der Waals surface area (Å²) in [6.07, 6.45) is 0. The highest BCUT2D eigenvalue weighted by atomic mass is 127. The number of aryl methyl sites for hydroxylation is 1. The van der Waals surface area contributed by atoms with E-state index in [0.717, 1.165) is 0 Å². The molecular weight excluding hydrogens is 366 g/mol. The number of halogens is 2. The van der Waals surface area contributed by atoms with E-state index in [-0.39, 0.29) is 0 Å². The molecule has 0 spiro atoms. The smallest absolute Gasteiger partial charge is 0.103 e. The molecule has 0 aromatic heterocycles. The predicted molar refractivity (Wildman–Crippen MR) is 66.0 cm³/mol. The van der Waals surface area contributed by atoms with Crippen molar-refractivity contribution in [3.05, 3.63) is 29.8 Å². The number of hydrogen-bond donors (Lipinski definition) is 0. The molecule has 0 saturated heterocycles. The summed E-state index contributed by atoms with van der Waals surface area (Å²) in [7, 11) is 0. The van der Waals surface area contributed by atoms with E-state index in [1.807, 2.05) is 0 Å². The molecular formula is C7H8I2Si. The first-order valence-electron chi connectivity index (χ1n) is 3.05. The summed E-state index contributed by atoms with van der Waals surface area (Å²) in [5, 5.41) is 1.53. The van der Waals surface area contributed by atoms with E-state index >= 15 is 0 Å². The Hall–Kier alpha value is 0.897. The number of benzene rings is 1. The lowest BCUT2D eigenvalue weighted by molar-refractivity contribution is 1.49. The van der Waals surface area contributed by atoms with Gasteiger partial charge in [0.05, 0.1) is 0 Å². The maximum Gasteiger partial charge on any atom is 0.206 e. The summed E-state index contributed by atoms with van der Waals surface area (Å²) < 4.78 is -0.609. The van der Waals surface area contributed by atoms with Gasteiger partial charge in [0.25, 0.3) is 0 Å². The van der Waals surface area contributed by atoms with Crippen LogP contribution in [0, 0.1) is 6.92 Å². The van der Waals surface area contributed by atoms with Crippen molar-refractivity contribution in [2.75, 3.05) is 0 Å². The van der Waals surface area contributed by atoms with E-state index < -0.39 is 3.79 Å². The van der Waals surface area contributed by atoms with Gasteiger partial charge < -0.3 is 0 Å². The third-order valence-electron chi connectivity index (χ3n) is 1.33. The zero-order chi connectivity index (χ0) is 7.56. The molecule has 0 aliphatic heterocycles. The minimum absolute atomic E-state index is 0.609. The average molecular weight is 374 g/mol. The fourth-order valence-corrected chi connectivity index (χ4v) is 3.69. The van der Waals surface area contributed by atoms with E-state index in [4.69, 9.17) is 0 Å². The second-order valence-electron chi connectivity index (χ2n) is 2.21. The Labute approximate surface area is 88.4 Å². The molecule has 10 heavy (non-hydrogen) atoms. The molecule has 0 fully saturated rings. The summed E-state index contributed by atoms with van der Waals surface area (Å²) in [4.78, 5) is 0. The van der Waals surface area contributed by atoms with Gasteiger partial charge in [-0.05, 0) is 12.1 Å². The van der Waals surface area contributed by atoms with Gasteiger partial charge in [-0.2, -0.15) is 0 Å². The van der Waals surface area contributed by atoms with E-state index in [2.05, 4.69) is 74.8 Å². The molecule has 0 radical (unpaired) electrons. The quantitative estimate of drug-likeness (QED) is 0.402. The molecule has 0 bridgehead atoms. The molecule has 0 aliphatic rings. The van der Waals surface area contributed by atoms with Gasteiger partial charge in [-0.1, -0.05) is 29.8 Å². The van der Waals surface area contributed by atoms with Crippen LogP contribution >= 0.6 is 43.6 Å². The lowest BCUT2D eigenvalue weighted by Crippen LogP contribution is -2.15. The van der Waals surface area contributed by atoms with Crippen LogP contribution in [0.15, 0.2) is 24.3 Å². The molecule has 1 aromatic rings. The van der Waals surface area contributed by atoms with Crippen molar-refractivity contribution in [2.24, 2.45) is 0 Å². The SMILES string of the molecule is Cc1ccc([SiH](I)I)cc1. The van der Waals surface area contributed by atoms with Crippen molar-refractivity contribution in [3.8, 4) is 0 Å². The molecule has 54 valence electrons. The summed E-state index contributed by atoms with van der Waals surface area (Å²) in [5.41, 5.74) is 1.35. The largest absolute Gasteiger partial charge is 0.206 e. The molecule has 0 heterocycles. The molecule has 0 unspecified atom stereocenters. The molecule has 0 amide bonds. The fraction of sp³-hybridized carbons (Fsp3) is 0.143. The zero-order valence-electron chi connectivity index (χ0n) is 5.64. The first-order valence-corrected chi connectivity index (χ1v) is 12.0. The van der Waals surface area contributed by atoms with Crippen LogP contribution in [-0.2, 0) is 0 Å². The minimum atomic E-state index is -0.609. The molecule has 0 N–H and O–H groups in total. The second kappa shape index (κ2) is 4.06. The zero-order valence-corrected chi connectivity index (χ0v) is 11.1.